The smallest absolute Gasteiger partial charge is 0.305 e. The molecule has 3 aromatic rings. The molecule has 1 N–H and O–H groups in total. The maximum atomic E-state index is 10.7. The lowest BCUT2D eigenvalue weighted by Gasteiger charge is -2.27. The van der Waals surface area contributed by atoms with E-state index in [2.05, 4.69) is 9.88 Å². The fourth-order valence-electron chi connectivity index (χ4n) is 3.94. The van der Waals surface area contributed by atoms with Crippen LogP contribution in [0.2, 0.25) is 5.02 Å². The molecule has 8 nitrogen and oxygen atoms in total. The second kappa shape index (κ2) is 9.53. The predicted octanol–water partition coefficient (Wildman–Crippen LogP) is 3.93. The Morgan fingerprint density at radius 3 is 3.00 bits per heavy atom. The van der Waals surface area contributed by atoms with Gasteiger partial charge in [0, 0.05) is 30.4 Å². The number of halogens is 1. The summed E-state index contributed by atoms with van der Waals surface area (Å²) in [5, 5.41) is 10.3. The Kier molecular flexibility index (Phi) is 6.58. The van der Waals surface area contributed by atoms with Crippen LogP contribution < -0.4 is 9.64 Å². The summed E-state index contributed by atoms with van der Waals surface area (Å²) in [6.45, 7) is 3.91. The van der Waals surface area contributed by atoms with Gasteiger partial charge < -0.3 is 24.0 Å². The van der Waals surface area contributed by atoms with Crippen molar-refractivity contribution in [1.29, 1.82) is 0 Å². The minimum absolute atomic E-state index is 0.00192. The Labute approximate surface area is 185 Å². The molecule has 0 radical (unpaired) electrons. The third kappa shape index (κ3) is 4.60. The number of carboxylic acid groups (broad SMARTS) is 1. The number of rotatable bonds is 9. The van der Waals surface area contributed by atoms with Gasteiger partial charge in [0.05, 0.1) is 49.3 Å². The van der Waals surface area contributed by atoms with E-state index in [-0.39, 0.29) is 19.1 Å². The molecule has 1 aromatic carbocycles. The first-order valence-corrected chi connectivity index (χ1v) is 10.8. The molecule has 0 spiro atoms. The summed E-state index contributed by atoms with van der Waals surface area (Å²) in [4.78, 5) is 22.1. The van der Waals surface area contributed by atoms with E-state index in [1.54, 1.807) is 12.5 Å². The first kappa shape index (κ1) is 21.4. The molecule has 1 fully saturated rings. The van der Waals surface area contributed by atoms with Crippen LogP contribution in [0.3, 0.4) is 0 Å². The molecule has 31 heavy (non-hydrogen) atoms. The molecule has 9 heteroatoms. The number of imidazole rings is 1. The number of aliphatic carboxylic acids is 1. The zero-order valence-electron chi connectivity index (χ0n) is 17.3. The monoisotopic (exact) mass is 444 g/mol. The Morgan fingerprint density at radius 2 is 2.26 bits per heavy atom. The number of fused-ring (bicyclic) bond motifs is 1. The van der Waals surface area contributed by atoms with Crippen molar-refractivity contribution in [1.82, 2.24) is 14.5 Å². The summed E-state index contributed by atoms with van der Waals surface area (Å²) in [6.07, 6.45) is 7.36. The van der Waals surface area contributed by atoms with E-state index >= 15 is 0 Å². The summed E-state index contributed by atoms with van der Waals surface area (Å²) < 4.78 is 13.4. The summed E-state index contributed by atoms with van der Waals surface area (Å²) in [6, 6.07) is 5.95. The fraction of sp³-hybridized carbons (Fsp3) is 0.409. The molecule has 0 amide bonds. The first-order valence-electron chi connectivity index (χ1n) is 10.4. The highest BCUT2D eigenvalue weighted by atomic mass is 35.5. The molecular weight excluding hydrogens is 420 g/mol. The molecule has 1 saturated heterocycles. The molecule has 164 valence electrons. The number of anilines is 1. The fourth-order valence-corrected chi connectivity index (χ4v) is 4.15. The van der Waals surface area contributed by atoms with E-state index in [0.717, 1.165) is 36.3 Å². The van der Waals surface area contributed by atoms with Gasteiger partial charge in [-0.05, 0) is 31.9 Å². The van der Waals surface area contributed by atoms with Gasteiger partial charge in [0.1, 0.15) is 11.3 Å². The highest BCUT2D eigenvalue weighted by molar-refractivity contribution is 6.33. The molecule has 1 aliphatic rings. The van der Waals surface area contributed by atoms with E-state index in [1.807, 2.05) is 35.9 Å². The third-order valence-corrected chi connectivity index (χ3v) is 5.66. The molecule has 0 saturated carbocycles. The largest absolute Gasteiger partial charge is 0.490 e. The van der Waals surface area contributed by atoms with Crippen LogP contribution in [0.15, 0.2) is 36.9 Å². The Bertz CT molecular complexity index is 1060. The van der Waals surface area contributed by atoms with Crippen molar-refractivity contribution in [2.75, 3.05) is 31.3 Å². The number of ether oxygens (including phenoxy) is 2. The highest BCUT2D eigenvalue weighted by Crippen LogP contribution is 2.38. The molecule has 1 aliphatic heterocycles. The number of benzene rings is 1. The first-order chi connectivity index (χ1) is 15.1. The number of carboxylic acids is 1. The summed E-state index contributed by atoms with van der Waals surface area (Å²) in [5.41, 5.74) is 1.64. The van der Waals surface area contributed by atoms with Crippen molar-refractivity contribution < 1.29 is 19.4 Å². The van der Waals surface area contributed by atoms with E-state index in [4.69, 9.17) is 31.2 Å². The lowest BCUT2D eigenvalue weighted by molar-refractivity contribution is -0.138. The second-order valence-corrected chi connectivity index (χ2v) is 7.79. The number of carbonyl (C=O) groups is 1. The van der Waals surface area contributed by atoms with Gasteiger partial charge in [0.15, 0.2) is 5.75 Å². The maximum absolute atomic E-state index is 10.7. The number of hydrogen-bond acceptors (Lipinski definition) is 6. The van der Waals surface area contributed by atoms with Crippen LogP contribution in [0.4, 0.5) is 5.82 Å². The molecule has 0 aliphatic carbocycles. The van der Waals surface area contributed by atoms with Gasteiger partial charge in [-0.1, -0.05) is 11.6 Å². The van der Waals surface area contributed by atoms with Crippen molar-refractivity contribution >= 4 is 34.3 Å². The third-order valence-electron chi connectivity index (χ3n) is 5.36. The molecule has 0 bridgehead atoms. The van der Waals surface area contributed by atoms with Gasteiger partial charge in [0.25, 0.3) is 0 Å². The normalized spacial score (nSPS) is 16.2. The van der Waals surface area contributed by atoms with Crippen LogP contribution in [-0.4, -0.2) is 58.0 Å². The molecule has 0 unspecified atom stereocenters. The lowest BCUT2D eigenvalue weighted by Crippen LogP contribution is -2.34. The minimum atomic E-state index is -0.857. The van der Waals surface area contributed by atoms with Crippen molar-refractivity contribution in [3.63, 3.8) is 0 Å². The van der Waals surface area contributed by atoms with Crippen LogP contribution >= 0.6 is 11.6 Å². The van der Waals surface area contributed by atoms with Gasteiger partial charge in [-0.25, -0.2) is 9.97 Å². The van der Waals surface area contributed by atoms with Crippen LogP contribution in [-0.2, 0) is 9.53 Å². The average Bonchev–Trinajstić information content (AvgIpc) is 3.44. The second-order valence-electron chi connectivity index (χ2n) is 7.38. The van der Waals surface area contributed by atoms with Crippen molar-refractivity contribution in [3.8, 4) is 11.4 Å². The minimum Gasteiger partial charge on any atom is -0.490 e. The number of pyridine rings is 1. The zero-order valence-corrected chi connectivity index (χ0v) is 18.1. The van der Waals surface area contributed by atoms with Gasteiger partial charge >= 0.3 is 5.97 Å². The number of aromatic nitrogens is 3. The van der Waals surface area contributed by atoms with E-state index in [1.165, 1.54) is 0 Å². The van der Waals surface area contributed by atoms with Crippen LogP contribution in [0, 0.1) is 0 Å². The molecule has 4 rings (SSSR count). The molecule has 1 atom stereocenters. The molecular formula is C22H25ClN4O4. The van der Waals surface area contributed by atoms with Gasteiger partial charge in [-0.15, -0.1) is 0 Å². The van der Waals surface area contributed by atoms with E-state index in [0.29, 0.717) is 29.5 Å². The average molecular weight is 445 g/mol. The zero-order chi connectivity index (χ0) is 21.8. The predicted molar refractivity (Wildman–Crippen MR) is 118 cm³/mol. The summed E-state index contributed by atoms with van der Waals surface area (Å²) in [5.74, 6) is 0.520. The van der Waals surface area contributed by atoms with E-state index < -0.39 is 5.97 Å². The van der Waals surface area contributed by atoms with E-state index in [9.17, 15) is 4.79 Å². The van der Waals surface area contributed by atoms with Crippen LogP contribution in [0.25, 0.3) is 16.6 Å². The van der Waals surface area contributed by atoms with Crippen molar-refractivity contribution in [2.45, 2.75) is 32.2 Å². The topological polar surface area (TPSA) is 89.7 Å². The van der Waals surface area contributed by atoms with Crippen LogP contribution in [0.1, 0.15) is 26.2 Å². The molecule has 3 heterocycles. The summed E-state index contributed by atoms with van der Waals surface area (Å²) in [7, 11) is 0. The Morgan fingerprint density at radius 1 is 1.39 bits per heavy atom. The van der Waals surface area contributed by atoms with Gasteiger partial charge in [-0.2, -0.15) is 0 Å². The Hall–Kier alpha value is -2.84. The van der Waals surface area contributed by atoms with Gasteiger partial charge in [-0.3, -0.25) is 4.79 Å². The quantitative estimate of drug-likeness (QED) is 0.500. The van der Waals surface area contributed by atoms with Crippen molar-refractivity contribution in [3.05, 3.63) is 41.9 Å². The lowest BCUT2D eigenvalue weighted by atomic mass is 10.1. The maximum Gasteiger partial charge on any atom is 0.305 e. The Balaban J connectivity index is 1.73. The van der Waals surface area contributed by atoms with Gasteiger partial charge in [0.2, 0.25) is 0 Å². The SMILES string of the molecule is CCOc1c(Cl)ccc2c(-n3ccnc3)cc(N3CCC[C@H]3COCCC(=O)O)nc12. The number of hydrogen-bond donors (Lipinski definition) is 1. The van der Waals surface area contributed by atoms with Crippen LogP contribution in [0.5, 0.6) is 5.75 Å². The summed E-state index contributed by atoms with van der Waals surface area (Å²) >= 11 is 6.44. The molecule has 2 aromatic heterocycles. The number of nitrogens with zero attached hydrogens (tertiary/aromatic N) is 4. The standard InChI is InChI=1S/C22H25ClN4O4/c1-2-31-22-17(23)6-5-16-18(26-10-8-24-14-26)12-19(25-21(16)22)27-9-3-4-15(27)13-30-11-7-20(28)29/h5-6,8,10,12,14-15H,2-4,7,9,11,13H2,1H3,(H,28,29)/t15-/m0/s1. The van der Waals surface area contributed by atoms with Crippen molar-refractivity contribution in [2.24, 2.45) is 0 Å². The highest BCUT2D eigenvalue weighted by Gasteiger charge is 2.27.